The monoisotopic (exact) mass is 255 g/mol. The Morgan fingerprint density at radius 3 is 2.59 bits per heavy atom. The first-order valence-corrected chi connectivity index (χ1v) is 7.59. The van der Waals surface area contributed by atoms with E-state index in [4.69, 9.17) is 0 Å². The Bertz CT molecular complexity index is 299. The number of aryl methyl sites for hydroxylation is 1. The molecule has 0 bridgehead atoms. The second kappa shape index (κ2) is 8.59. The molecule has 1 heterocycles. The molecule has 1 atom stereocenters. The van der Waals surface area contributed by atoms with Crippen molar-refractivity contribution in [1.82, 2.24) is 14.9 Å². The van der Waals surface area contributed by atoms with Gasteiger partial charge in [0.2, 0.25) is 0 Å². The fraction of sp³-hybridized carbons (Fsp3) is 0.846. The smallest absolute Gasteiger partial charge is 0.0772 e. The molecule has 0 aliphatic carbocycles. The standard InChI is InChI=1S/C13H25N3S/c1-4-6-7-8-9-12(14-10-5-2)13-11(3)15-16-17-13/h12,14H,4-10H2,1-3H3. The Morgan fingerprint density at radius 2 is 2.00 bits per heavy atom. The molecule has 3 nitrogen and oxygen atoms in total. The van der Waals surface area contributed by atoms with Crippen LogP contribution in [0, 0.1) is 6.92 Å². The SMILES string of the molecule is CCCCCCC(NCCC)c1snnc1C. The molecule has 1 aromatic rings. The molecule has 0 aromatic carbocycles. The van der Waals surface area contributed by atoms with E-state index in [1.807, 2.05) is 0 Å². The van der Waals surface area contributed by atoms with Crippen LogP contribution in [0.15, 0.2) is 0 Å². The highest BCUT2D eigenvalue weighted by molar-refractivity contribution is 7.05. The predicted molar refractivity (Wildman–Crippen MR) is 74.4 cm³/mol. The van der Waals surface area contributed by atoms with E-state index in [2.05, 4.69) is 35.7 Å². The van der Waals surface area contributed by atoms with Crippen molar-refractivity contribution < 1.29 is 0 Å². The van der Waals surface area contributed by atoms with Crippen molar-refractivity contribution in [2.75, 3.05) is 6.54 Å². The van der Waals surface area contributed by atoms with E-state index in [1.165, 1.54) is 43.4 Å². The average molecular weight is 255 g/mol. The van der Waals surface area contributed by atoms with E-state index < -0.39 is 0 Å². The minimum absolute atomic E-state index is 0.465. The van der Waals surface area contributed by atoms with Gasteiger partial charge in [-0.25, -0.2) is 0 Å². The lowest BCUT2D eigenvalue weighted by Gasteiger charge is -2.17. The van der Waals surface area contributed by atoms with Crippen LogP contribution in [0.1, 0.15) is 69.0 Å². The lowest BCUT2D eigenvalue weighted by molar-refractivity contribution is 0.474. The maximum absolute atomic E-state index is 4.12. The lowest BCUT2D eigenvalue weighted by Crippen LogP contribution is -2.22. The van der Waals surface area contributed by atoms with Crippen LogP contribution in [-0.4, -0.2) is 16.1 Å². The van der Waals surface area contributed by atoms with E-state index in [-0.39, 0.29) is 0 Å². The zero-order chi connectivity index (χ0) is 12.5. The van der Waals surface area contributed by atoms with Crippen molar-refractivity contribution in [1.29, 1.82) is 0 Å². The Labute approximate surface area is 109 Å². The third-order valence-corrected chi connectivity index (χ3v) is 3.93. The fourth-order valence-corrected chi connectivity index (χ4v) is 2.73. The van der Waals surface area contributed by atoms with Crippen molar-refractivity contribution in [2.45, 2.75) is 65.3 Å². The summed E-state index contributed by atoms with van der Waals surface area (Å²) >= 11 is 1.55. The van der Waals surface area contributed by atoms with Crippen molar-refractivity contribution in [3.05, 3.63) is 10.6 Å². The summed E-state index contributed by atoms with van der Waals surface area (Å²) in [5.41, 5.74) is 1.10. The van der Waals surface area contributed by atoms with Gasteiger partial charge in [-0.15, -0.1) is 5.10 Å². The van der Waals surface area contributed by atoms with Gasteiger partial charge in [0.25, 0.3) is 0 Å². The first kappa shape index (κ1) is 14.6. The Kier molecular flexibility index (Phi) is 7.37. The van der Waals surface area contributed by atoms with Gasteiger partial charge in [-0.3, -0.25) is 0 Å². The second-order valence-corrected chi connectivity index (χ2v) is 5.36. The first-order chi connectivity index (χ1) is 8.29. The summed E-state index contributed by atoms with van der Waals surface area (Å²) < 4.78 is 4.05. The number of nitrogens with one attached hydrogen (secondary N) is 1. The summed E-state index contributed by atoms with van der Waals surface area (Å²) in [6, 6.07) is 0.465. The molecule has 0 saturated carbocycles. The van der Waals surface area contributed by atoms with Crippen molar-refractivity contribution in [3.63, 3.8) is 0 Å². The normalized spacial score (nSPS) is 12.9. The number of unbranched alkanes of at least 4 members (excludes halogenated alkanes) is 3. The molecule has 0 radical (unpaired) electrons. The van der Waals surface area contributed by atoms with Crippen LogP contribution in [0.5, 0.6) is 0 Å². The van der Waals surface area contributed by atoms with Gasteiger partial charge in [-0.2, -0.15) is 0 Å². The first-order valence-electron chi connectivity index (χ1n) is 6.81. The van der Waals surface area contributed by atoms with E-state index in [1.54, 1.807) is 11.5 Å². The summed E-state index contributed by atoms with van der Waals surface area (Å²) in [5.74, 6) is 0. The molecule has 98 valence electrons. The van der Waals surface area contributed by atoms with Crippen LogP contribution in [0.25, 0.3) is 0 Å². The average Bonchev–Trinajstić information content (AvgIpc) is 2.75. The molecular weight excluding hydrogens is 230 g/mol. The minimum Gasteiger partial charge on any atom is -0.309 e. The molecule has 0 aliphatic rings. The second-order valence-electron chi connectivity index (χ2n) is 4.58. The summed E-state index contributed by atoms with van der Waals surface area (Å²) in [6.45, 7) is 7.60. The molecule has 0 amide bonds. The molecular formula is C13H25N3S. The highest BCUT2D eigenvalue weighted by Gasteiger charge is 2.15. The summed E-state index contributed by atoms with van der Waals surface area (Å²) in [4.78, 5) is 1.33. The summed E-state index contributed by atoms with van der Waals surface area (Å²) in [7, 11) is 0. The number of hydrogen-bond acceptors (Lipinski definition) is 4. The van der Waals surface area contributed by atoms with Crippen molar-refractivity contribution >= 4 is 11.5 Å². The molecule has 1 unspecified atom stereocenters. The quantitative estimate of drug-likeness (QED) is 0.681. The van der Waals surface area contributed by atoms with Crippen LogP contribution in [0.4, 0.5) is 0 Å². The van der Waals surface area contributed by atoms with Gasteiger partial charge in [0.05, 0.1) is 10.6 Å². The number of rotatable bonds is 9. The Hall–Kier alpha value is -0.480. The molecule has 0 saturated heterocycles. The third-order valence-electron chi connectivity index (χ3n) is 2.99. The van der Waals surface area contributed by atoms with E-state index in [0.29, 0.717) is 6.04 Å². The van der Waals surface area contributed by atoms with Crippen LogP contribution in [-0.2, 0) is 0 Å². The molecule has 17 heavy (non-hydrogen) atoms. The zero-order valence-electron chi connectivity index (χ0n) is 11.3. The maximum Gasteiger partial charge on any atom is 0.0772 e. The van der Waals surface area contributed by atoms with Gasteiger partial charge in [-0.1, -0.05) is 44.0 Å². The number of nitrogens with zero attached hydrogens (tertiary/aromatic N) is 2. The molecule has 1 rings (SSSR count). The molecule has 1 N–H and O–H groups in total. The largest absolute Gasteiger partial charge is 0.309 e. The van der Waals surface area contributed by atoms with Gasteiger partial charge < -0.3 is 5.32 Å². The summed E-state index contributed by atoms with van der Waals surface area (Å²) in [6.07, 6.45) is 7.68. The Balaban J connectivity index is 2.46. The molecule has 0 fully saturated rings. The minimum atomic E-state index is 0.465. The fourth-order valence-electron chi connectivity index (χ4n) is 1.98. The van der Waals surface area contributed by atoms with Gasteiger partial charge in [0, 0.05) is 6.04 Å². The third kappa shape index (κ3) is 5.13. The van der Waals surface area contributed by atoms with Gasteiger partial charge >= 0.3 is 0 Å². The van der Waals surface area contributed by atoms with Crippen molar-refractivity contribution in [3.8, 4) is 0 Å². The maximum atomic E-state index is 4.12. The van der Waals surface area contributed by atoms with Gasteiger partial charge in [0.15, 0.2) is 0 Å². The number of aromatic nitrogens is 2. The zero-order valence-corrected chi connectivity index (χ0v) is 12.1. The summed E-state index contributed by atoms with van der Waals surface area (Å²) in [5, 5.41) is 7.74. The van der Waals surface area contributed by atoms with Gasteiger partial charge in [0.1, 0.15) is 0 Å². The van der Waals surface area contributed by atoms with E-state index in [9.17, 15) is 0 Å². The Morgan fingerprint density at radius 1 is 1.18 bits per heavy atom. The van der Waals surface area contributed by atoms with Crippen LogP contribution in [0.2, 0.25) is 0 Å². The lowest BCUT2D eigenvalue weighted by atomic mass is 10.0. The van der Waals surface area contributed by atoms with Gasteiger partial charge in [-0.05, 0) is 37.8 Å². The van der Waals surface area contributed by atoms with E-state index >= 15 is 0 Å². The van der Waals surface area contributed by atoms with Crippen LogP contribution >= 0.6 is 11.5 Å². The molecule has 4 heteroatoms. The molecule has 1 aromatic heterocycles. The number of hydrogen-bond donors (Lipinski definition) is 1. The molecule has 0 aliphatic heterocycles. The van der Waals surface area contributed by atoms with Crippen LogP contribution < -0.4 is 5.32 Å². The highest BCUT2D eigenvalue weighted by Crippen LogP contribution is 2.25. The molecule has 0 spiro atoms. The van der Waals surface area contributed by atoms with Crippen LogP contribution in [0.3, 0.4) is 0 Å². The van der Waals surface area contributed by atoms with Crippen molar-refractivity contribution in [2.24, 2.45) is 0 Å². The topological polar surface area (TPSA) is 37.8 Å². The highest BCUT2D eigenvalue weighted by atomic mass is 32.1. The predicted octanol–water partition coefficient (Wildman–Crippen LogP) is 3.86. The van der Waals surface area contributed by atoms with E-state index in [0.717, 1.165) is 12.2 Å².